The highest BCUT2D eigenvalue weighted by Gasteiger charge is 2.19. The summed E-state index contributed by atoms with van der Waals surface area (Å²) in [7, 11) is 4.38. The van der Waals surface area contributed by atoms with Gasteiger partial charge in [0.1, 0.15) is 0 Å². The molecule has 0 aromatic heterocycles. The summed E-state index contributed by atoms with van der Waals surface area (Å²) in [4.78, 5) is 14.8. The number of likely N-dealkylation sites (tertiary alicyclic amines) is 1. The van der Waals surface area contributed by atoms with Crippen LogP contribution in [-0.4, -0.2) is 173 Å². The van der Waals surface area contributed by atoms with Gasteiger partial charge in [-0.2, -0.15) is 0 Å². The maximum atomic E-state index is 5.25. The Bertz CT molecular complexity index is 747. The maximum Gasteiger partial charge on any atom is 0.0594 e. The molecule has 0 radical (unpaired) electrons. The monoisotopic (exact) mass is 767 g/mol. The van der Waals surface area contributed by atoms with Gasteiger partial charge in [-0.05, 0) is 132 Å². The second-order valence-corrected chi connectivity index (χ2v) is 18.9. The average Bonchev–Trinajstić information content (AvgIpc) is 3.91. The summed E-state index contributed by atoms with van der Waals surface area (Å²) in [5.41, 5.74) is 0. The Labute approximate surface area is 339 Å². The molecule has 0 atom stereocenters. The van der Waals surface area contributed by atoms with Crippen LogP contribution in [0.5, 0.6) is 0 Å². The molecule has 5 aliphatic heterocycles. The van der Waals surface area contributed by atoms with Crippen LogP contribution >= 0.6 is 0 Å². The second kappa shape index (κ2) is 30.7. The average molecular weight is 767 g/mol. The second-order valence-electron chi connectivity index (χ2n) is 18.9. The van der Waals surface area contributed by atoms with Gasteiger partial charge >= 0.3 is 0 Å². The fourth-order valence-corrected chi connectivity index (χ4v) is 8.04. The minimum atomic E-state index is 0.689. The van der Waals surface area contributed by atoms with E-state index in [1.54, 1.807) is 0 Å². The molecule has 8 heteroatoms. The predicted molar refractivity (Wildman–Crippen MR) is 237 cm³/mol. The van der Waals surface area contributed by atoms with Crippen molar-refractivity contribution in [2.75, 3.05) is 119 Å². The fourth-order valence-electron chi connectivity index (χ4n) is 8.04. The van der Waals surface area contributed by atoms with Crippen molar-refractivity contribution >= 4 is 0 Å². The third kappa shape index (κ3) is 24.5. The quantitative estimate of drug-likeness (QED) is 0.267. The molecule has 0 unspecified atom stereocenters. The molecule has 6 rings (SSSR count). The van der Waals surface area contributed by atoms with Crippen LogP contribution in [-0.2, 0) is 9.47 Å². The highest BCUT2D eigenvalue weighted by molar-refractivity contribution is 4.73. The highest BCUT2D eigenvalue weighted by atomic mass is 16.5. The number of morpholine rings is 1. The van der Waals surface area contributed by atoms with Crippen molar-refractivity contribution in [2.24, 2.45) is 23.7 Å². The minimum absolute atomic E-state index is 0.689. The number of piperazine rings is 2. The lowest BCUT2D eigenvalue weighted by Crippen LogP contribution is -2.47. The maximum absolute atomic E-state index is 5.25. The van der Waals surface area contributed by atoms with Gasteiger partial charge in [-0.1, -0.05) is 53.4 Å². The van der Waals surface area contributed by atoms with Crippen LogP contribution in [0.3, 0.4) is 0 Å². The number of ether oxygens (including phenoxy) is 2. The van der Waals surface area contributed by atoms with E-state index in [4.69, 9.17) is 9.47 Å². The smallest absolute Gasteiger partial charge is 0.0594 e. The SMILES string of the molecule is CC(C)C1CCCC1.CC(C)C1CCOCC1.CC(C)N1CCCC1.CC(C)N1CCN(C)CC1.CC(C)N1CCN(C)CC1.CC(C)N1CCOCC1. The highest BCUT2D eigenvalue weighted by Crippen LogP contribution is 2.30. The van der Waals surface area contributed by atoms with Crippen LogP contribution in [0.2, 0.25) is 0 Å². The lowest BCUT2D eigenvalue weighted by atomic mass is 9.89. The molecule has 5 heterocycles. The first-order valence-electron chi connectivity index (χ1n) is 23.1. The molecule has 8 nitrogen and oxygen atoms in total. The van der Waals surface area contributed by atoms with Crippen LogP contribution in [0.25, 0.3) is 0 Å². The first-order valence-corrected chi connectivity index (χ1v) is 23.1. The Kier molecular flexibility index (Phi) is 29.4. The number of hydrogen-bond acceptors (Lipinski definition) is 8. The molecule has 0 N–H and O–H groups in total. The molecule has 0 amide bonds. The summed E-state index contributed by atoms with van der Waals surface area (Å²) in [5.74, 6) is 3.79. The normalized spacial score (nSPS) is 23.3. The van der Waals surface area contributed by atoms with E-state index < -0.39 is 0 Å². The first kappa shape index (κ1) is 51.7. The number of nitrogens with zero attached hydrogens (tertiary/aromatic N) is 6. The Morgan fingerprint density at radius 1 is 0.333 bits per heavy atom. The van der Waals surface area contributed by atoms with Gasteiger partial charge in [0.2, 0.25) is 0 Å². The van der Waals surface area contributed by atoms with Gasteiger partial charge in [-0.25, -0.2) is 0 Å². The first-order chi connectivity index (χ1) is 25.6. The van der Waals surface area contributed by atoms with E-state index in [1.807, 2.05) is 0 Å². The van der Waals surface area contributed by atoms with Gasteiger partial charge in [0.25, 0.3) is 0 Å². The number of hydrogen-bond donors (Lipinski definition) is 0. The van der Waals surface area contributed by atoms with Crippen molar-refractivity contribution in [3.8, 4) is 0 Å². The zero-order valence-corrected chi connectivity index (χ0v) is 39.1. The Morgan fingerprint density at radius 3 is 0.889 bits per heavy atom. The van der Waals surface area contributed by atoms with Crippen molar-refractivity contribution in [3.63, 3.8) is 0 Å². The molecule has 6 fully saturated rings. The topological polar surface area (TPSA) is 37.9 Å². The molecular formula is C46H98N6O2. The third-order valence-electron chi connectivity index (χ3n) is 12.7. The Morgan fingerprint density at radius 2 is 0.630 bits per heavy atom. The van der Waals surface area contributed by atoms with Crippen LogP contribution in [0.4, 0.5) is 0 Å². The van der Waals surface area contributed by atoms with Crippen LogP contribution in [0, 0.1) is 23.7 Å². The van der Waals surface area contributed by atoms with Gasteiger partial charge in [0, 0.05) is 103 Å². The zero-order chi connectivity index (χ0) is 40.5. The molecule has 54 heavy (non-hydrogen) atoms. The Hall–Kier alpha value is -0.320. The van der Waals surface area contributed by atoms with Crippen molar-refractivity contribution in [2.45, 2.75) is 159 Å². The third-order valence-corrected chi connectivity index (χ3v) is 12.7. The lowest BCUT2D eigenvalue weighted by molar-refractivity contribution is 0.0238. The van der Waals surface area contributed by atoms with E-state index in [1.165, 1.54) is 117 Å². The van der Waals surface area contributed by atoms with E-state index >= 15 is 0 Å². The zero-order valence-electron chi connectivity index (χ0n) is 39.1. The molecule has 0 bridgehead atoms. The summed E-state index contributed by atoms with van der Waals surface area (Å²) >= 11 is 0. The lowest BCUT2D eigenvalue weighted by Gasteiger charge is -2.34. The molecule has 0 spiro atoms. The summed E-state index contributed by atoms with van der Waals surface area (Å²) in [6.07, 6.45) is 11.4. The van der Waals surface area contributed by atoms with Crippen LogP contribution in [0.1, 0.15) is 134 Å². The van der Waals surface area contributed by atoms with Crippen molar-refractivity contribution in [1.82, 2.24) is 29.4 Å². The van der Waals surface area contributed by atoms with Gasteiger partial charge in [0.05, 0.1) is 13.2 Å². The predicted octanol–water partition coefficient (Wildman–Crippen LogP) is 8.40. The van der Waals surface area contributed by atoms with E-state index in [9.17, 15) is 0 Å². The van der Waals surface area contributed by atoms with Crippen LogP contribution < -0.4 is 0 Å². The largest absolute Gasteiger partial charge is 0.381 e. The van der Waals surface area contributed by atoms with Crippen molar-refractivity contribution < 1.29 is 9.47 Å². The summed E-state index contributed by atoms with van der Waals surface area (Å²) in [6, 6.07) is 2.92. The molecule has 1 saturated carbocycles. The molecule has 0 aromatic carbocycles. The van der Waals surface area contributed by atoms with Crippen LogP contribution in [0.15, 0.2) is 0 Å². The van der Waals surface area contributed by atoms with E-state index in [0.29, 0.717) is 6.04 Å². The molecule has 0 aromatic rings. The minimum Gasteiger partial charge on any atom is -0.381 e. The molecule has 6 aliphatic rings. The summed E-state index contributed by atoms with van der Waals surface area (Å²) in [5, 5.41) is 0. The molecule has 1 aliphatic carbocycles. The van der Waals surface area contributed by atoms with Gasteiger partial charge in [-0.3, -0.25) is 14.7 Å². The van der Waals surface area contributed by atoms with Crippen molar-refractivity contribution in [1.29, 1.82) is 0 Å². The number of rotatable bonds is 6. The Balaban J connectivity index is 0.000000325. The van der Waals surface area contributed by atoms with Gasteiger partial charge in [0.15, 0.2) is 0 Å². The number of likely N-dealkylation sites (N-methyl/N-ethyl adjacent to an activating group) is 2. The molecule has 5 saturated heterocycles. The van der Waals surface area contributed by atoms with E-state index in [0.717, 1.165) is 81.3 Å². The van der Waals surface area contributed by atoms with Gasteiger partial charge < -0.3 is 24.2 Å². The fraction of sp³-hybridized carbons (Fsp3) is 1.00. The van der Waals surface area contributed by atoms with Crippen molar-refractivity contribution in [3.05, 3.63) is 0 Å². The summed E-state index contributed by atoms with van der Waals surface area (Å²) in [6.45, 7) is 46.0. The summed E-state index contributed by atoms with van der Waals surface area (Å²) < 4.78 is 10.5. The van der Waals surface area contributed by atoms with Gasteiger partial charge in [-0.15, -0.1) is 0 Å². The molecule has 324 valence electrons. The molecular weight excluding hydrogens is 669 g/mol. The van der Waals surface area contributed by atoms with E-state index in [-0.39, 0.29) is 0 Å². The van der Waals surface area contributed by atoms with E-state index in [2.05, 4.69) is 127 Å². The standard InChI is InChI=1S/2C8H18N2.C8H16O.C8H16.C7H15NO.C7H15N/c2*1-8(2)10-6-4-9(3)5-7-10;1-7(2)8-3-5-9-6-4-8;1-7(2)8-5-3-4-6-8;1-7(2)8-3-5-9-6-4-8;1-7(2)8-5-3-4-6-8/h2*8H,4-7H2,1-3H3;7-8H,3-6H2,1-2H3;7-8H,3-6H2,1-2H3;7H,3-6H2,1-2H3;7H,3-6H2,1-2H3.